The van der Waals surface area contributed by atoms with E-state index in [4.69, 9.17) is 5.11 Å². The second-order valence-electron chi connectivity index (χ2n) is 2.65. The van der Waals surface area contributed by atoms with E-state index in [0.29, 0.717) is 0 Å². The Kier molecular flexibility index (Phi) is 2.24. The minimum absolute atomic E-state index is 0.221. The highest BCUT2D eigenvalue weighted by atomic mass is 16.4. The van der Waals surface area contributed by atoms with Crippen molar-refractivity contribution in [1.82, 2.24) is 10.9 Å². The zero-order valence-electron chi connectivity index (χ0n) is 5.92. The predicted molar refractivity (Wildman–Crippen MR) is 36.3 cm³/mol. The van der Waals surface area contributed by atoms with Crippen LogP contribution in [0.3, 0.4) is 0 Å². The monoisotopic (exact) mass is 144 g/mol. The molecule has 4 nitrogen and oxygen atoms in total. The summed E-state index contributed by atoms with van der Waals surface area (Å²) in [6.45, 7) is 2.79. The van der Waals surface area contributed by atoms with Crippen molar-refractivity contribution in [2.75, 3.05) is 6.54 Å². The van der Waals surface area contributed by atoms with Crippen molar-refractivity contribution in [3.05, 3.63) is 0 Å². The molecule has 2 atom stereocenters. The number of hydrogen-bond donors (Lipinski definition) is 3. The smallest absolute Gasteiger partial charge is 0.322 e. The van der Waals surface area contributed by atoms with Gasteiger partial charge in [0, 0.05) is 6.54 Å². The molecule has 0 aliphatic carbocycles. The van der Waals surface area contributed by atoms with E-state index >= 15 is 0 Å². The summed E-state index contributed by atoms with van der Waals surface area (Å²) in [6, 6.07) is -0.422. The number of hydrogen-bond acceptors (Lipinski definition) is 3. The number of nitrogens with one attached hydrogen (secondary N) is 2. The molecule has 0 aromatic rings. The second-order valence-corrected chi connectivity index (χ2v) is 2.65. The summed E-state index contributed by atoms with van der Waals surface area (Å²) < 4.78 is 0. The summed E-state index contributed by atoms with van der Waals surface area (Å²) in [4.78, 5) is 10.5. The Bertz CT molecular complexity index is 138. The highest BCUT2D eigenvalue weighted by Crippen LogP contribution is 2.09. The van der Waals surface area contributed by atoms with E-state index in [-0.39, 0.29) is 5.92 Å². The molecule has 2 unspecified atom stereocenters. The Hall–Kier alpha value is -0.610. The fourth-order valence-corrected chi connectivity index (χ4v) is 1.10. The van der Waals surface area contributed by atoms with Crippen LogP contribution in [0.15, 0.2) is 0 Å². The molecular formula is C6H12N2O2. The Labute approximate surface area is 59.6 Å². The standard InChI is InChI=1S/C6H12N2O2/c1-4-2-3-7-8-5(4)6(9)10/h4-5,7-8H,2-3H2,1H3,(H,9,10). The van der Waals surface area contributed by atoms with Crippen LogP contribution >= 0.6 is 0 Å². The lowest BCUT2D eigenvalue weighted by atomic mass is 9.97. The molecule has 0 aromatic heterocycles. The van der Waals surface area contributed by atoms with E-state index < -0.39 is 12.0 Å². The molecule has 4 heteroatoms. The van der Waals surface area contributed by atoms with Crippen molar-refractivity contribution in [2.24, 2.45) is 5.92 Å². The van der Waals surface area contributed by atoms with Crippen LogP contribution < -0.4 is 10.9 Å². The van der Waals surface area contributed by atoms with Crippen LogP contribution in [0, 0.1) is 5.92 Å². The van der Waals surface area contributed by atoms with E-state index in [0.717, 1.165) is 13.0 Å². The molecule has 1 rings (SSSR count). The van der Waals surface area contributed by atoms with Gasteiger partial charge in [-0.15, -0.1) is 0 Å². The van der Waals surface area contributed by atoms with E-state index in [1.807, 2.05) is 6.92 Å². The molecule has 1 aliphatic rings. The summed E-state index contributed by atoms with van der Waals surface area (Å²) in [5.41, 5.74) is 5.53. The van der Waals surface area contributed by atoms with Crippen LogP contribution in [0.1, 0.15) is 13.3 Å². The van der Waals surface area contributed by atoms with Crippen molar-refractivity contribution >= 4 is 5.97 Å². The molecule has 10 heavy (non-hydrogen) atoms. The Balaban J connectivity index is 2.47. The first kappa shape index (κ1) is 7.50. The Morgan fingerprint density at radius 3 is 2.80 bits per heavy atom. The zero-order valence-corrected chi connectivity index (χ0v) is 5.92. The number of carbonyl (C=O) groups is 1. The molecule has 0 saturated carbocycles. The highest BCUT2D eigenvalue weighted by molar-refractivity contribution is 5.73. The van der Waals surface area contributed by atoms with Crippen molar-refractivity contribution in [3.63, 3.8) is 0 Å². The third-order valence-electron chi connectivity index (χ3n) is 1.82. The van der Waals surface area contributed by atoms with Gasteiger partial charge in [-0.05, 0) is 12.3 Å². The largest absolute Gasteiger partial charge is 0.480 e. The van der Waals surface area contributed by atoms with E-state index in [1.165, 1.54) is 0 Å². The third-order valence-corrected chi connectivity index (χ3v) is 1.82. The molecule has 1 saturated heterocycles. The van der Waals surface area contributed by atoms with Crippen LogP contribution in [-0.2, 0) is 4.79 Å². The first-order chi connectivity index (χ1) is 4.72. The summed E-state index contributed by atoms with van der Waals surface area (Å²) in [6.07, 6.45) is 0.921. The summed E-state index contributed by atoms with van der Waals surface area (Å²) in [5.74, 6) is -0.557. The van der Waals surface area contributed by atoms with Crippen molar-refractivity contribution in [2.45, 2.75) is 19.4 Å². The molecule has 1 heterocycles. The fraction of sp³-hybridized carbons (Fsp3) is 0.833. The van der Waals surface area contributed by atoms with Crippen LogP contribution in [0.2, 0.25) is 0 Å². The van der Waals surface area contributed by atoms with Crippen LogP contribution in [-0.4, -0.2) is 23.7 Å². The lowest BCUT2D eigenvalue weighted by molar-refractivity contribution is -0.141. The summed E-state index contributed by atoms with van der Waals surface area (Å²) in [5, 5.41) is 8.61. The van der Waals surface area contributed by atoms with Gasteiger partial charge in [0.1, 0.15) is 6.04 Å². The number of carboxylic acid groups (broad SMARTS) is 1. The molecule has 1 aliphatic heterocycles. The lowest BCUT2D eigenvalue weighted by Gasteiger charge is -2.26. The maximum absolute atomic E-state index is 10.5. The van der Waals surface area contributed by atoms with E-state index in [9.17, 15) is 4.79 Å². The molecule has 0 bridgehead atoms. The average Bonchev–Trinajstić information content (AvgIpc) is 1.88. The number of carboxylic acids is 1. The van der Waals surface area contributed by atoms with Gasteiger partial charge in [0.15, 0.2) is 0 Å². The molecule has 0 spiro atoms. The predicted octanol–water partition coefficient (Wildman–Crippen LogP) is -0.426. The van der Waals surface area contributed by atoms with Gasteiger partial charge in [0.25, 0.3) is 0 Å². The molecular weight excluding hydrogens is 132 g/mol. The van der Waals surface area contributed by atoms with E-state index in [2.05, 4.69) is 10.9 Å². The average molecular weight is 144 g/mol. The molecule has 0 radical (unpaired) electrons. The zero-order chi connectivity index (χ0) is 7.56. The van der Waals surface area contributed by atoms with Gasteiger partial charge in [0.2, 0.25) is 0 Å². The van der Waals surface area contributed by atoms with Gasteiger partial charge >= 0.3 is 5.97 Å². The minimum atomic E-state index is -0.778. The van der Waals surface area contributed by atoms with Gasteiger partial charge in [-0.25, -0.2) is 5.43 Å². The normalized spacial score (nSPS) is 33.7. The highest BCUT2D eigenvalue weighted by Gasteiger charge is 2.26. The molecule has 3 N–H and O–H groups in total. The maximum atomic E-state index is 10.5. The molecule has 0 amide bonds. The SMILES string of the molecule is CC1CCNNC1C(=O)O. The number of aliphatic carboxylic acids is 1. The van der Waals surface area contributed by atoms with Crippen LogP contribution in [0.5, 0.6) is 0 Å². The van der Waals surface area contributed by atoms with Crippen molar-refractivity contribution < 1.29 is 9.90 Å². The summed E-state index contributed by atoms with van der Waals surface area (Å²) in [7, 11) is 0. The van der Waals surface area contributed by atoms with Crippen molar-refractivity contribution in [1.29, 1.82) is 0 Å². The van der Waals surface area contributed by atoms with E-state index in [1.54, 1.807) is 0 Å². The maximum Gasteiger partial charge on any atom is 0.322 e. The first-order valence-corrected chi connectivity index (χ1v) is 3.43. The second kappa shape index (κ2) is 2.98. The molecule has 0 aromatic carbocycles. The van der Waals surface area contributed by atoms with Gasteiger partial charge in [-0.1, -0.05) is 6.92 Å². The van der Waals surface area contributed by atoms with Crippen LogP contribution in [0.4, 0.5) is 0 Å². The Morgan fingerprint density at radius 2 is 2.40 bits per heavy atom. The third kappa shape index (κ3) is 1.46. The van der Waals surface area contributed by atoms with Crippen molar-refractivity contribution in [3.8, 4) is 0 Å². The fourth-order valence-electron chi connectivity index (χ4n) is 1.10. The summed E-state index contributed by atoms with van der Waals surface area (Å²) >= 11 is 0. The lowest BCUT2D eigenvalue weighted by Crippen LogP contribution is -2.54. The van der Waals surface area contributed by atoms with Gasteiger partial charge in [0.05, 0.1) is 0 Å². The molecule has 1 fully saturated rings. The Morgan fingerprint density at radius 1 is 1.70 bits per heavy atom. The molecule has 58 valence electrons. The quantitative estimate of drug-likeness (QED) is 0.467. The van der Waals surface area contributed by atoms with Crippen LogP contribution in [0.25, 0.3) is 0 Å². The topological polar surface area (TPSA) is 61.4 Å². The first-order valence-electron chi connectivity index (χ1n) is 3.43. The number of rotatable bonds is 1. The van der Waals surface area contributed by atoms with Gasteiger partial charge < -0.3 is 5.11 Å². The van der Waals surface area contributed by atoms with Gasteiger partial charge in [-0.3, -0.25) is 10.2 Å². The number of hydrazine groups is 1. The van der Waals surface area contributed by atoms with Gasteiger partial charge in [-0.2, -0.15) is 0 Å². The minimum Gasteiger partial charge on any atom is -0.480 e.